The second-order valence-corrected chi connectivity index (χ2v) is 3.99. The van der Waals surface area contributed by atoms with Gasteiger partial charge in [0.25, 0.3) is 0 Å². The first kappa shape index (κ1) is 11.7. The minimum absolute atomic E-state index is 0.728. The van der Waals surface area contributed by atoms with E-state index in [0.717, 1.165) is 35.7 Å². The van der Waals surface area contributed by atoms with Crippen LogP contribution >= 0.6 is 0 Å². The maximum Gasteiger partial charge on any atom is 0.133 e. The van der Waals surface area contributed by atoms with Crippen molar-refractivity contribution in [3.05, 3.63) is 53.4 Å². The second kappa shape index (κ2) is 5.50. The average Bonchev–Trinajstić information content (AvgIpc) is 2.30. The number of pyridine rings is 1. The first-order valence-electron chi connectivity index (χ1n) is 5.65. The van der Waals surface area contributed by atoms with E-state index in [9.17, 15) is 0 Å². The number of aryl methyl sites for hydroxylation is 1. The van der Waals surface area contributed by atoms with E-state index < -0.39 is 0 Å². The van der Waals surface area contributed by atoms with Crippen LogP contribution in [0.25, 0.3) is 0 Å². The zero-order valence-electron chi connectivity index (χ0n) is 10.1. The Morgan fingerprint density at radius 2 is 2.18 bits per heavy atom. The third kappa shape index (κ3) is 3.32. The van der Waals surface area contributed by atoms with Crippen molar-refractivity contribution in [2.45, 2.75) is 19.9 Å². The molecule has 0 aliphatic heterocycles. The molecule has 2 aromatic heterocycles. The summed E-state index contributed by atoms with van der Waals surface area (Å²) < 4.78 is 0. The van der Waals surface area contributed by atoms with Gasteiger partial charge in [-0.15, -0.1) is 0 Å². The number of aromatic nitrogens is 3. The average molecular weight is 228 g/mol. The highest BCUT2D eigenvalue weighted by Gasteiger charge is 2.03. The fraction of sp³-hybridized carbons (Fsp3) is 0.308. The van der Waals surface area contributed by atoms with Gasteiger partial charge in [-0.25, -0.2) is 9.97 Å². The summed E-state index contributed by atoms with van der Waals surface area (Å²) in [7, 11) is 1.91. The Hall–Kier alpha value is -1.81. The molecule has 4 nitrogen and oxygen atoms in total. The van der Waals surface area contributed by atoms with Crippen LogP contribution in [-0.4, -0.2) is 22.0 Å². The number of nitrogens with zero attached hydrogens (tertiary/aromatic N) is 3. The minimum atomic E-state index is 0.728. The smallest absolute Gasteiger partial charge is 0.133 e. The molecular weight excluding hydrogens is 212 g/mol. The molecular formula is C13H16N4. The molecule has 2 aromatic rings. The molecule has 88 valence electrons. The zero-order valence-corrected chi connectivity index (χ0v) is 10.1. The number of hydrogen-bond donors (Lipinski definition) is 1. The van der Waals surface area contributed by atoms with Gasteiger partial charge in [-0.3, -0.25) is 4.98 Å². The van der Waals surface area contributed by atoms with E-state index >= 15 is 0 Å². The van der Waals surface area contributed by atoms with Crippen LogP contribution in [0.5, 0.6) is 0 Å². The van der Waals surface area contributed by atoms with Crippen LogP contribution < -0.4 is 5.32 Å². The summed E-state index contributed by atoms with van der Waals surface area (Å²) in [6, 6.07) is 5.97. The lowest BCUT2D eigenvalue weighted by Crippen LogP contribution is -2.10. The molecule has 0 atom stereocenters. The van der Waals surface area contributed by atoms with Crippen molar-refractivity contribution in [1.29, 1.82) is 0 Å². The fourth-order valence-electron chi connectivity index (χ4n) is 1.74. The van der Waals surface area contributed by atoms with E-state index in [4.69, 9.17) is 0 Å². The second-order valence-electron chi connectivity index (χ2n) is 3.99. The maximum atomic E-state index is 4.52. The lowest BCUT2D eigenvalue weighted by molar-refractivity contribution is 0.767. The van der Waals surface area contributed by atoms with Gasteiger partial charge in [0, 0.05) is 31.1 Å². The summed E-state index contributed by atoms with van der Waals surface area (Å²) in [5.74, 6) is 0.850. The third-order valence-corrected chi connectivity index (χ3v) is 2.40. The molecule has 0 spiro atoms. The normalized spacial score (nSPS) is 10.5. The molecule has 0 aliphatic carbocycles. The topological polar surface area (TPSA) is 50.7 Å². The zero-order chi connectivity index (χ0) is 12.1. The maximum absolute atomic E-state index is 4.52. The van der Waals surface area contributed by atoms with Crippen molar-refractivity contribution in [2.24, 2.45) is 0 Å². The molecule has 0 aliphatic rings. The van der Waals surface area contributed by atoms with Crippen LogP contribution in [0.3, 0.4) is 0 Å². The first-order chi connectivity index (χ1) is 8.28. The Bertz CT molecular complexity index is 482. The summed E-state index contributed by atoms with van der Waals surface area (Å²) in [5.41, 5.74) is 3.16. The van der Waals surface area contributed by atoms with Gasteiger partial charge in [0.1, 0.15) is 5.82 Å². The van der Waals surface area contributed by atoms with Crippen LogP contribution in [0.1, 0.15) is 22.8 Å². The van der Waals surface area contributed by atoms with Crippen molar-refractivity contribution in [1.82, 2.24) is 20.3 Å². The number of hydrogen-bond acceptors (Lipinski definition) is 4. The van der Waals surface area contributed by atoms with Crippen LogP contribution in [0.15, 0.2) is 30.6 Å². The van der Waals surface area contributed by atoms with E-state index in [2.05, 4.69) is 20.3 Å². The molecule has 2 rings (SSSR count). The molecule has 0 amide bonds. The molecule has 0 saturated heterocycles. The lowest BCUT2D eigenvalue weighted by Gasteiger charge is -2.05. The molecule has 2 heterocycles. The van der Waals surface area contributed by atoms with E-state index in [0.29, 0.717) is 0 Å². The van der Waals surface area contributed by atoms with Gasteiger partial charge in [-0.05, 0) is 31.7 Å². The number of rotatable bonds is 4. The highest BCUT2D eigenvalue weighted by molar-refractivity contribution is 5.17. The van der Waals surface area contributed by atoms with Crippen molar-refractivity contribution < 1.29 is 0 Å². The number of nitrogens with one attached hydrogen (secondary N) is 1. The summed E-state index contributed by atoms with van der Waals surface area (Å²) in [6.07, 6.45) is 4.35. The van der Waals surface area contributed by atoms with Gasteiger partial charge in [-0.2, -0.15) is 0 Å². The van der Waals surface area contributed by atoms with Gasteiger partial charge in [0.05, 0.1) is 5.69 Å². The Morgan fingerprint density at radius 1 is 1.29 bits per heavy atom. The van der Waals surface area contributed by atoms with Gasteiger partial charge in [-0.1, -0.05) is 6.07 Å². The van der Waals surface area contributed by atoms with Gasteiger partial charge in [0.15, 0.2) is 0 Å². The van der Waals surface area contributed by atoms with Gasteiger partial charge < -0.3 is 5.32 Å². The lowest BCUT2D eigenvalue weighted by atomic mass is 10.2. The molecule has 0 saturated carbocycles. The van der Waals surface area contributed by atoms with E-state index in [1.807, 2.05) is 38.4 Å². The van der Waals surface area contributed by atoms with Crippen molar-refractivity contribution in [3.8, 4) is 0 Å². The first-order valence-corrected chi connectivity index (χ1v) is 5.65. The Kier molecular flexibility index (Phi) is 3.77. The molecule has 17 heavy (non-hydrogen) atoms. The summed E-state index contributed by atoms with van der Waals surface area (Å²) in [6.45, 7) is 2.76. The van der Waals surface area contributed by atoms with Crippen LogP contribution in [0.2, 0.25) is 0 Å². The van der Waals surface area contributed by atoms with E-state index in [1.54, 1.807) is 6.20 Å². The minimum Gasteiger partial charge on any atom is -0.314 e. The van der Waals surface area contributed by atoms with Crippen LogP contribution in [0.4, 0.5) is 0 Å². The monoisotopic (exact) mass is 228 g/mol. The SMILES string of the molecule is CNCc1cc(C)nc(Cc2cccnc2)n1. The third-order valence-electron chi connectivity index (χ3n) is 2.40. The molecule has 0 radical (unpaired) electrons. The largest absolute Gasteiger partial charge is 0.314 e. The quantitative estimate of drug-likeness (QED) is 0.861. The predicted molar refractivity (Wildman–Crippen MR) is 66.6 cm³/mol. The highest BCUT2D eigenvalue weighted by Crippen LogP contribution is 2.06. The molecule has 0 fully saturated rings. The van der Waals surface area contributed by atoms with Crippen molar-refractivity contribution >= 4 is 0 Å². The summed E-state index contributed by atoms with van der Waals surface area (Å²) >= 11 is 0. The van der Waals surface area contributed by atoms with Gasteiger partial charge >= 0.3 is 0 Å². The van der Waals surface area contributed by atoms with Crippen LogP contribution in [0, 0.1) is 6.92 Å². The van der Waals surface area contributed by atoms with Crippen molar-refractivity contribution in [2.75, 3.05) is 7.05 Å². The molecule has 1 N–H and O–H groups in total. The van der Waals surface area contributed by atoms with E-state index in [-0.39, 0.29) is 0 Å². The molecule has 0 aromatic carbocycles. The Labute approximate surface area is 101 Å². The molecule has 0 unspecified atom stereocenters. The summed E-state index contributed by atoms with van der Waals surface area (Å²) in [5, 5.41) is 3.10. The standard InChI is InChI=1S/C13H16N4/c1-10-6-12(9-14-2)17-13(16-10)7-11-4-3-5-15-8-11/h3-6,8,14H,7,9H2,1-2H3. The Balaban J connectivity index is 2.21. The molecule has 4 heteroatoms. The van der Waals surface area contributed by atoms with E-state index in [1.165, 1.54) is 0 Å². The fourth-order valence-corrected chi connectivity index (χ4v) is 1.74. The highest BCUT2D eigenvalue weighted by atomic mass is 14.9. The van der Waals surface area contributed by atoms with Crippen molar-refractivity contribution in [3.63, 3.8) is 0 Å². The van der Waals surface area contributed by atoms with Gasteiger partial charge in [0.2, 0.25) is 0 Å². The Morgan fingerprint density at radius 3 is 2.88 bits per heavy atom. The van der Waals surface area contributed by atoms with Crippen LogP contribution in [-0.2, 0) is 13.0 Å². The predicted octanol–water partition coefficient (Wildman–Crippen LogP) is 1.49. The summed E-state index contributed by atoms with van der Waals surface area (Å²) in [4.78, 5) is 13.1. The molecule has 0 bridgehead atoms.